The summed E-state index contributed by atoms with van der Waals surface area (Å²) in [7, 11) is 3.10. The topological polar surface area (TPSA) is 172 Å². The van der Waals surface area contributed by atoms with E-state index < -0.39 is 12.1 Å². The first-order valence-corrected chi connectivity index (χ1v) is 21.1. The molecule has 0 unspecified atom stereocenters. The lowest BCUT2D eigenvalue weighted by Crippen LogP contribution is -2.43. The molecule has 0 saturated carbocycles. The third-order valence-corrected chi connectivity index (χ3v) is 12.0. The molecule has 4 aromatic carbocycles. The van der Waals surface area contributed by atoms with Crippen molar-refractivity contribution in [2.45, 2.75) is 37.8 Å². The molecule has 2 aliphatic heterocycles. The lowest BCUT2D eigenvalue weighted by Gasteiger charge is -2.24. The summed E-state index contributed by atoms with van der Waals surface area (Å²) in [6, 6.07) is 29.3. The lowest BCUT2D eigenvalue weighted by molar-refractivity contribution is -0.120. The highest BCUT2D eigenvalue weighted by atomic mass is 35.5. The minimum absolute atomic E-state index is 0.159. The number of methoxy groups -OCH3 is 2. The second kappa shape index (κ2) is 17.4. The Kier molecular flexibility index (Phi) is 11.4. The number of nitrogens with zero attached hydrogens (tertiary/aromatic N) is 5. The van der Waals surface area contributed by atoms with Crippen LogP contribution in [-0.2, 0) is 9.59 Å². The first-order valence-electron chi connectivity index (χ1n) is 20.4. The molecule has 3 N–H and O–H groups in total. The molecule has 0 radical (unpaired) electrons. The van der Waals surface area contributed by atoms with Crippen LogP contribution in [0.25, 0.3) is 44.1 Å². The van der Waals surface area contributed by atoms with Crippen molar-refractivity contribution >= 4 is 79.8 Å². The summed E-state index contributed by atoms with van der Waals surface area (Å²) < 4.78 is 11.0. The molecule has 7 aromatic rings. The Labute approximate surface area is 371 Å². The van der Waals surface area contributed by atoms with E-state index in [0.717, 1.165) is 16.8 Å². The zero-order chi connectivity index (χ0) is 43.8. The number of amides is 4. The molecule has 14 nitrogen and oxygen atoms in total. The van der Waals surface area contributed by atoms with E-state index in [0.29, 0.717) is 88.9 Å². The van der Waals surface area contributed by atoms with Gasteiger partial charge < -0.3 is 29.9 Å². The van der Waals surface area contributed by atoms with Crippen LogP contribution in [0.15, 0.2) is 103 Å². The van der Waals surface area contributed by atoms with Gasteiger partial charge in [0, 0.05) is 51.6 Å². The number of H-pyrrole nitrogens is 1. The van der Waals surface area contributed by atoms with Crippen molar-refractivity contribution in [1.82, 2.24) is 30.0 Å². The Morgan fingerprint density at radius 3 is 1.54 bits per heavy atom. The van der Waals surface area contributed by atoms with Crippen molar-refractivity contribution in [3.63, 3.8) is 0 Å². The summed E-state index contributed by atoms with van der Waals surface area (Å²) in [5, 5.41) is 16.4. The lowest BCUT2D eigenvalue weighted by atomic mass is 10.1. The number of aromatic nitrogens is 4. The maximum absolute atomic E-state index is 13.9. The second-order valence-corrected chi connectivity index (χ2v) is 16.1. The Balaban J connectivity index is 0.827. The number of aromatic amines is 1. The maximum atomic E-state index is 13.9. The number of pyridine rings is 2. The van der Waals surface area contributed by atoms with Crippen LogP contribution in [0.4, 0.5) is 11.4 Å². The van der Waals surface area contributed by atoms with E-state index in [1.807, 2.05) is 30.3 Å². The summed E-state index contributed by atoms with van der Waals surface area (Å²) >= 11 is 12.7. The third-order valence-electron chi connectivity index (χ3n) is 11.6. The zero-order valence-electron chi connectivity index (χ0n) is 34.2. The second-order valence-electron chi connectivity index (χ2n) is 15.3. The van der Waals surface area contributed by atoms with Crippen LogP contribution in [0.3, 0.4) is 0 Å². The van der Waals surface area contributed by atoms with Gasteiger partial charge in [0.05, 0.1) is 25.6 Å². The van der Waals surface area contributed by atoms with Crippen molar-refractivity contribution in [2.75, 3.05) is 37.9 Å². The molecule has 9 rings (SSSR count). The Morgan fingerprint density at radius 1 is 0.619 bits per heavy atom. The van der Waals surface area contributed by atoms with Gasteiger partial charge in [-0.15, -0.1) is 0 Å². The molecule has 3 aromatic heterocycles. The van der Waals surface area contributed by atoms with Gasteiger partial charge in [-0.25, -0.2) is 9.97 Å². The van der Waals surface area contributed by atoms with Gasteiger partial charge in [-0.3, -0.25) is 24.3 Å². The van der Waals surface area contributed by atoms with Gasteiger partial charge in [-0.2, -0.15) is 5.10 Å². The van der Waals surface area contributed by atoms with E-state index >= 15 is 0 Å². The average molecular weight is 884 g/mol. The molecule has 5 heterocycles. The number of anilines is 2. The number of fused-ring (bicyclic) bond motifs is 2. The number of hydrogen-bond acceptors (Lipinski definition) is 9. The van der Waals surface area contributed by atoms with Crippen LogP contribution in [0.1, 0.15) is 46.7 Å². The molecule has 2 saturated heterocycles. The van der Waals surface area contributed by atoms with Crippen molar-refractivity contribution in [3.05, 3.63) is 125 Å². The minimum atomic E-state index is -0.683. The van der Waals surface area contributed by atoms with E-state index in [1.165, 1.54) is 0 Å². The predicted molar refractivity (Wildman–Crippen MR) is 241 cm³/mol. The molecule has 318 valence electrons. The van der Waals surface area contributed by atoms with Gasteiger partial charge in [0.25, 0.3) is 11.8 Å². The van der Waals surface area contributed by atoms with Gasteiger partial charge in [0.1, 0.15) is 45.3 Å². The van der Waals surface area contributed by atoms with Crippen LogP contribution >= 0.6 is 23.2 Å². The molecule has 16 heteroatoms. The van der Waals surface area contributed by atoms with Gasteiger partial charge >= 0.3 is 0 Å². The predicted octanol–water partition coefficient (Wildman–Crippen LogP) is 8.65. The van der Waals surface area contributed by atoms with Crippen LogP contribution in [0, 0.1) is 0 Å². The monoisotopic (exact) mass is 882 g/mol. The highest BCUT2D eigenvalue weighted by molar-refractivity contribution is 6.31. The van der Waals surface area contributed by atoms with Gasteiger partial charge in [0.2, 0.25) is 11.8 Å². The van der Waals surface area contributed by atoms with Crippen molar-refractivity contribution in [3.8, 4) is 34.0 Å². The highest BCUT2D eigenvalue weighted by Crippen LogP contribution is 2.34. The number of carbonyl (C=O) groups is 4. The fraction of sp³-hybridized carbons (Fsp3) is 0.213. The number of rotatable bonds is 10. The van der Waals surface area contributed by atoms with E-state index in [4.69, 9.17) is 32.7 Å². The molecule has 2 aliphatic rings. The first kappa shape index (κ1) is 41.3. The molecule has 0 spiro atoms. The fourth-order valence-corrected chi connectivity index (χ4v) is 8.87. The molecule has 63 heavy (non-hydrogen) atoms. The average Bonchev–Trinajstić information content (AvgIpc) is 4.11. The Bertz CT molecular complexity index is 2730. The zero-order valence-corrected chi connectivity index (χ0v) is 35.7. The quantitative estimate of drug-likeness (QED) is 0.114. The number of ether oxygens (including phenoxy) is 2. The van der Waals surface area contributed by atoms with Crippen LogP contribution in [-0.4, -0.2) is 93.0 Å². The molecular weight excluding hydrogens is 843 g/mol. The van der Waals surface area contributed by atoms with Crippen LogP contribution in [0.5, 0.6) is 11.5 Å². The Morgan fingerprint density at radius 2 is 1.08 bits per heavy atom. The fourth-order valence-electron chi connectivity index (χ4n) is 8.48. The number of halogens is 2. The number of nitrogens with one attached hydrogen (secondary N) is 3. The summed E-state index contributed by atoms with van der Waals surface area (Å²) in [5.74, 6) is -0.181. The number of benzene rings is 4. The number of likely N-dealkylation sites (tertiary alicyclic amines) is 2. The van der Waals surface area contributed by atoms with Gasteiger partial charge in [0.15, 0.2) is 0 Å². The van der Waals surface area contributed by atoms with E-state index in [-0.39, 0.29) is 45.3 Å². The number of carbonyl (C=O) groups excluding carboxylic acids is 4. The number of hydrogen-bond donors (Lipinski definition) is 3. The van der Waals surface area contributed by atoms with Crippen molar-refractivity contribution in [2.24, 2.45) is 0 Å². The van der Waals surface area contributed by atoms with E-state index in [1.54, 1.807) is 96.8 Å². The van der Waals surface area contributed by atoms with Crippen LogP contribution in [0.2, 0.25) is 10.3 Å². The first-order chi connectivity index (χ1) is 30.6. The smallest absolute Gasteiger partial charge is 0.273 e. The molecule has 2 atom stereocenters. The van der Waals surface area contributed by atoms with E-state index in [2.05, 4.69) is 30.8 Å². The minimum Gasteiger partial charge on any atom is -0.496 e. The largest absolute Gasteiger partial charge is 0.496 e. The molecule has 4 amide bonds. The molecule has 0 bridgehead atoms. The summed E-state index contributed by atoms with van der Waals surface area (Å²) in [6.45, 7) is 0.823. The van der Waals surface area contributed by atoms with Crippen LogP contribution < -0.4 is 20.1 Å². The van der Waals surface area contributed by atoms with E-state index in [9.17, 15) is 19.2 Å². The van der Waals surface area contributed by atoms with Crippen molar-refractivity contribution < 1.29 is 28.7 Å². The third kappa shape index (κ3) is 8.10. The highest BCUT2D eigenvalue weighted by Gasteiger charge is 2.37. The maximum Gasteiger partial charge on any atom is 0.273 e. The van der Waals surface area contributed by atoms with Gasteiger partial charge in [-0.05, 0) is 85.8 Å². The normalized spacial score (nSPS) is 16.1. The van der Waals surface area contributed by atoms with Gasteiger partial charge in [-0.1, -0.05) is 71.7 Å². The summed E-state index contributed by atoms with van der Waals surface area (Å²) in [4.78, 5) is 66.7. The SMILES string of the molecule is COc1cccc2c(C(=O)N3CCC[C@H]3C(=O)Nc3ccc(-c4cc(-c5ccc(NC(=O)[C@@H]6CCCN6C(=O)c6nc(Cl)cc7c(OC)cccc67)cc5)[nH]n4)cc3)nc(Cl)cc12. The summed E-state index contributed by atoms with van der Waals surface area (Å²) in [6.07, 6.45) is 2.37. The van der Waals surface area contributed by atoms with Crippen molar-refractivity contribution in [1.29, 1.82) is 0 Å². The molecule has 0 aliphatic carbocycles. The molecule has 2 fully saturated rings. The molecular formula is C47H40Cl2N8O6. The Hall–Kier alpha value is -7.03. The summed E-state index contributed by atoms with van der Waals surface area (Å²) in [5.41, 5.74) is 4.62. The standard InChI is InChI=1S/C47H40Cl2N8O6/c1-62-38-11-3-7-30-32(38)23-40(48)52-42(30)46(60)56-21-5-9-36(56)44(58)50-28-17-13-26(14-18-28)34-25-35(55-54-34)27-15-19-29(20-16-27)51-45(59)37-10-6-22-57(37)47(61)43-31-8-4-12-39(63-2)33(31)24-41(49)53-43/h3-4,7-8,11-20,23-25,36-37H,5-6,9-10,21-22H2,1-2H3,(H,50,58)(H,51,59)(H,54,55)/t36-,37-/m0/s1.